The molecule has 0 aromatic heterocycles. The Bertz CT molecular complexity index is 77.7. The molecule has 0 bridgehead atoms. The third kappa shape index (κ3) is 5.98. The molecular weight excluding hydrogens is 434 g/mol. The normalized spacial score (nSPS) is 11.8. The Morgan fingerprint density at radius 3 is 2.12 bits per heavy atom. The molecule has 0 radical (unpaired) electrons. The van der Waals surface area contributed by atoms with E-state index in [2.05, 4.69) is 0 Å². The molecule has 44 valence electrons. The van der Waals surface area contributed by atoms with Gasteiger partial charge in [-0.3, -0.25) is 4.79 Å². The Balaban J connectivity index is 0. The van der Waals surface area contributed by atoms with Crippen LogP contribution in [0.1, 0.15) is 0 Å². The number of aliphatic carboxylic acids is 1. The Labute approximate surface area is 95.2 Å². The van der Waals surface area contributed by atoms with E-state index >= 15 is 0 Å². The SMILES string of the molecule is O=C(O)C(I)CI.[Cd]. The summed E-state index contributed by atoms with van der Waals surface area (Å²) in [6.07, 6.45) is 0. The minimum Gasteiger partial charge on any atom is -0.480 e. The topological polar surface area (TPSA) is 37.3 Å². The van der Waals surface area contributed by atoms with Crippen molar-refractivity contribution >= 4 is 51.2 Å². The first kappa shape index (κ1) is 12.5. The Morgan fingerprint density at radius 1 is 1.75 bits per heavy atom. The fourth-order valence-electron chi connectivity index (χ4n) is 0.0660. The van der Waals surface area contributed by atoms with Crippen LogP contribution in [0.4, 0.5) is 0 Å². The van der Waals surface area contributed by atoms with Crippen LogP contribution in [-0.2, 0) is 32.1 Å². The van der Waals surface area contributed by atoms with Crippen molar-refractivity contribution in [3.63, 3.8) is 0 Å². The summed E-state index contributed by atoms with van der Waals surface area (Å²) in [6, 6.07) is 0. The molecule has 2 nitrogen and oxygen atoms in total. The van der Waals surface area contributed by atoms with Gasteiger partial charge >= 0.3 is 5.97 Å². The van der Waals surface area contributed by atoms with Crippen LogP contribution in [0, 0.1) is 0 Å². The Hall–Kier alpha value is 1.85. The number of carboxylic acids is 1. The van der Waals surface area contributed by atoms with Gasteiger partial charge in [0.25, 0.3) is 0 Å². The zero-order valence-electron chi connectivity index (χ0n) is 4.10. The van der Waals surface area contributed by atoms with Crippen LogP contribution in [0.5, 0.6) is 0 Å². The molecule has 1 unspecified atom stereocenters. The molecule has 0 amide bonds. The molecule has 1 N–H and O–H groups in total. The predicted octanol–water partition coefficient (Wildman–Crippen LogP) is 1.31. The second-order valence-electron chi connectivity index (χ2n) is 0.960. The average molecular weight is 438 g/mol. The third-order valence-electron chi connectivity index (χ3n) is 0.403. The van der Waals surface area contributed by atoms with Gasteiger partial charge in [0.05, 0.1) is 0 Å². The van der Waals surface area contributed by atoms with Crippen LogP contribution < -0.4 is 0 Å². The van der Waals surface area contributed by atoms with Crippen molar-refractivity contribution in [2.45, 2.75) is 3.92 Å². The molecule has 0 aliphatic rings. The number of rotatable bonds is 2. The molecule has 0 aliphatic carbocycles. The van der Waals surface area contributed by atoms with Crippen LogP contribution in [0.25, 0.3) is 0 Å². The van der Waals surface area contributed by atoms with Crippen molar-refractivity contribution < 1.29 is 37.2 Å². The van der Waals surface area contributed by atoms with Gasteiger partial charge in [-0.1, -0.05) is 45.2 Å². The summed E-state index contributed by atoms with van der Waals surface area (Å²) in [5, 5.41) is 8.17. The van der Waals surface area contributed by atoms with Crippen molar-refractivity contribution in [1.82, 2.24) is 0 Å². The molecule has 0 saturated heterocycles. The quantitative estimate of drug-likeness (QED) is 0.401. The largest absolute Gasteiger partial charge is 0.480 e. The standard InChI is InChI=1S/C3H4I2O2.Cd/c4-1-2(5)3(6)7;/h2H,1H2,(H,6,7);. The van der Waals surface area contributed by atoms with Crippen molar-refractivity contribution in [3.8, 4) is 0 Å². The molecule has 8 heavy (non-hydrogen) atoms. The van der Waals surface area contributed by atoms with Gasteiger partial charge in [-0.15, -0.1) is 0 Å². The van der Waals surface area contributed by atoms with E-state index < -0.39 is 5.97 Å². The summed E-state index contributed by atoms with van der Waals surface area (Å²) in [6.45, 7) is 0. The van der Waals surface area contributed by atoms with Gasteiger partial charge in [-0.2, -0.15) is 0 Å². The fourth-order valence-corrected chi connectivity index (χ4v) is 0.443. The second-order valence-corrected chi connectivity index (χ2v) is 3.34. The molecule has 0 rings (SSSR count). The monoisotopic (exact) mass is 440 g/mol. The number of alkyl halides is 2. The van der Waals surface area contributed by atoms with Crippen molar-refractivity contribution in [2.24, 2.45) is 0 Å². The van der Waals surface area contributed by atoms with Crippen LogP contribution in [0.15, 0.2) is 0 Å². The molecule has 0 fully saturated rings. The van der Waals surface area contributed by atoms with Gasteiger partial charge in [0.2, 0.25) is 0 Å². The zero-order chi connectivity index (χ0) is 5.86. The average Bonchev–Trinajstić information content (AvgIpc) is 1.65. The Kier molecular flexibility index (Phi) is 10.9. The summed E-state index contributed by atoms with van der Waals surface area (Å²) in [5.74, 6) is -0.727. The molecule has 0 aliphatic heterocycles. The van der Waals surface area contributed by atoms with Crippen LogP contribution >= 0.6 is 45.2 Å². The minimum atomic E-state index is -0.727. The maximum atomic E-state index is 9.92. The first-order valence-corrected chi connectivity index (χ1v) is 4.38. The molecule has 0 saturated carbocycles. The fraction of sp³-hybridized carbons (Fsp3) is 0.667. The van der Waals surface area contributed by atoms with Gasteiger partial charge in [-0.05, 0) is 0 Å². The first-order chi connectivity index (χ1) is 3.18. The zero-order valence-corrected chi connectivity index (χ0v) is 12.5. The summed E-state index contributed by atoms with van der Waals surface area (Å²) in [7, 11) is 0. The number of carbonyl (C=O) groups is 1. The number of carboxylic acid groups (broad SMARTS) is 1. The molecule has 0 heterocycles. The van der Waals surface area contributed by atoms with Gasteiger partial charge in [0.1, 0.15) is 3.92 Å². The Morgan fingerprint density at radius 2 is 2.12 bits per heavy atom. The van der Waals surface area contributed by atoms with E-state index in [0.29, 0.717) is 4.43 Å². The van der Waals surface area contributed by atoms with Crippen LogP contribution in [0.3, 0.4) is 0 Å². The van der Waals surface area contributed by atoms with Crippen LogP contribution in [0.2, 0.25) is 0 Å². The number of hydrogen-bond donors (Lipinski definition) is 1. The number of halogens is 2. The van der Waals surface area contributed by atoms with E-state index in [0.717, 1.165) is 0 Å². The summed E-state index contributed by atoms with van der Waals surface area (Å²) >= 11 is 3.93. The third-order valence-corrected chi connectivity index (χ3v) is 3.94. The van der Waals surface area contributed by atoms with Gasteiger partial charge in [0, 0.05) is 31.7 Å². The van der Waals surface area contributed by atoms with E-state index in [1.165, 1.54) is 0 Å². The van der Waals surface area contributed by atoms with Crippen molar-refractivity contribution in [1.29, 1.82) is 0 Å². The molecule has 0 spiro atoms. The van der Waals surface area contributed by atoms with Crippen molar-refractivity contribution in [2.75, 3.05) is 4.43 Å². The second kappa shape index (κ2) is 6.97. The minimum absolute atomic E-state index is 0. The molecule has 1 atom stereocenters. The van der Waals surface area contributed by atoms with Gasteiger partial charge in [0.15, 0.2) is 0 Å². The maximum absolute atomic E-state index is 9.92. The van der Waals surface area contributed by atoms with E-state index in [9.17, 15) is 4.79 Å². The summed E-state index contributed by atoms with van der Waals surface area (Å²) in [4.78, 5) is 9.92. The summed E-state index contributed by atoms with van der Waals surface area (Å²) < 4.78 is 0.450. The molecular formula is C3H4CdI2O2. The maximum Gasteiger partial charge on any atom is 0.317 e. The van der Waals surface area contributed by atoms with Crippen LogP contribution in [-0.4, -0.2) is 19.4 Å². The first-order valence-electron chi connectivity index (χ1n) is 1.61. The molecule has 0 aromatic rings. The molecule has 5 heteroatoms. The number of hydrogen-bond acceptors (Lipinski definition) is 1. The molecule has 0 aromatic carbocycles. The van der Waals surface area contributed by atoms with Crippen molar-refractivity contribution in [3.05, 3.63) is 0 Å². The summed E-state index contributed by atoms with van der Waals surface area (Å²) in [5.41, 5.74) is 0. The predicted molar refractivity (Wildman–Crippen MR) is 44.3 cm³/mol. The van der Waals surface area contributed by atoms with Gasteiger partial charge < -0.3 is 5.11 Å². The van der Waals surface area contributed by atoms with E-state index in [-0.39, 0.29) is 31.2 Å². The van der Waals surface area contributed by atoms with E-state index in [1.54, 1.807) is 0 Å². The smallest absolute Gasteiger partial charge is 0.317 e. The van der Waals surface area contributed by atoms with Gasteiger partial charge in [-0.25, -0.2) is 0 Å². The van der Waals surface area contributed by atoms with E-state index in [4.69, 9.17) is 5.11 Å². The van der Waals surface area contributed by atoms with E-state index in [1.807, 2.05) is 45.2 Å².